The van der Waals surface area contributed by atoms with Crippen LogP contribution in [0.25, 0.3) is 0 Å². The summed E-state index contributed by atoms with van der Waals surface area (Å²) in [4.78, 5) is 0. The topological polar surface area (TPSA) is 57.2 Å². The zero-order valence-corrected chi connectivity index (χ0v) is 15.6. The van der Waals surface area contributed by atoms with Gasteiger partial charge in [0.2, 0.25) is 0 Å². The minimum atomic E-state index is -1.16. The van der Waals surface area contributed by atoms with Crippen LogP contribution in [0.2, 0.25) is 0 Å². The Balaban J connectivity index is 0. The van der Waals surface area contributed by atoms with E-state index >= 15 is 0 Å². The zero-order chi connectivity index (χ0) is 17.4. The molecule has 0 aromatic carbocycles. The zero-order valence-electron chi connectivity index (χ0n) is 15.6. The molecule has 2 rings (SSSR count). The molecule has 0 spiro atoms. The second-order valence-corrected chi connectivity index (χ2v) is 6.32. The Bertz CT molecular complexity index is 286. The van der Waals surface area contributed by atoms with Crippen molar-refractivity contribution in [2.45, 2.75) is 112 Å². The van der Waals surface area contributed by atoms with Gasteiger partial charge < -0.3 is 24.1 Å². The molecule has 0 radical (unpaired) electrons. The summed E-state index contributed by atoms with van der Waals surface area (Å²) in [6.45, 7) is 15.8. The van der Waals surface area contributed by atoms with Gasteiger partial charge in [-0.05, 0) is 34.1 Å². The molecule has 0 saturated carbocycles. The molecule has 1 N–H and O–H groups in total. The highest BCUT2D eigenvalue weighted by atomic mass is 16.8. The molecule has 2 heterocycles. The van der Waals surface area contributed by atoms with E-state index in [2.05, 4.69) is 13.8 Å². The normalized spacial score (nSPS) is 28.8. The Morgan fingerprint density at radius 1 is 1.13 bits per heavy atom. The maximum atomic E-state index is 9.55. The average Bonchev–Trinajstić information content (AvgIpc) is 2.97. The van der Waals surface area contributed by atoms with Gasteiger partial charge in [-0.2, -0.15) is 0 Å². The first-order valence-corrected chi connectivity index (χ1v) is 8.54. The van der Waals surface area contributed by atoms with E-state index in [1.165, 1.54) is 6.42 Å². The van der Waals surface area contributed by atoms with Crippen LogP contribution in [0, 0.1) is 0 Å². The monoisotopic (exact) mass is 336 g/mol. The first kappa shape index (κ1) is 25.0. The van der Waals surface area contributed by atoms with Crippen LogP contribution in [0.5, 0.6) is 0 Å². The number of hydrogen-bond donors (Lipinski definition) is 1. The minimum absolute atomic E-state index is 0. The molecule has 0 amide bonds. The first-order valence-electron chi connectivity index (χ1n) is 8.54. The van der Waals surface area contributed by atoms with E-state index in [1.54, 1.807) is 13.8 Å². The quantitative estimate of drug-likeness (QED) is 0.771. The lowest BCUT2D eigenvalue weighted by Crippen LogP contribution is -2.34. The number of aliphatic hydroxyl groups is 1. The van der Waals surface area contributed by atoms with Crippen molar-refractivity contribution in [1.82, 2.24) is 0 Å². The van der Waals surface area contributed by atoms with E-state index < -0.39 is 11.6 Å². The molecule has 2 fully saturated rings. The van der Waals surface area contributed by atoms with Crippen LogP contribution in [-0.2, 0) is 18.9 Å². The summed E-state index contributed by atoms with van der Waals surface area (Å²) in [5.74, 6) is -1.69. The summed E-state index contributed by atoms with van der Waals surface area (Å²) in [5, 5.41) is 9.55. The van der Waals surface area contributed by atoms with E-state index in [-0.39, 0.29) is 25.9 Å². The van der Waals surface area contributed by atoms with Crippen molar-refractivity contribution in [3.63, 3.8) is 0 Å². The van der Waals surface area contributed by atoms with Gasteiger partial charge in [-0.15, -0.1) is 0 Å². The van der Waals surface area contributed by atoms with E-state index in [4.69, 9.17) is 18.9 Å². The summed E-state index contributed by atoms with van der Waals surface area (Å²) in [7, 11) is 0. The molecule has 0 aliphatic carbocycles. The molecule has 23 heavy (non-hydrogen) atoms. The van der Waals surface area contributed by atoms with Gasteiger partial charge in [0, 0.05) is 6.42 Å². The van der Waals surface area contributed by atoms with Crippen LogP contribution in [0.3, 0.4) is 0 Å². The molecule has 0 aromatic rings. The second kappa shape index (κ2) is 11.4. The SMILES string of the molecule is C.CC.CC(C)(O)OC1CC[C@@H](C2COC(C)(C)O2)O1.CCC. The first-order chi connectivity index (χ1) is 10.2. The molecule has 0 aromatic heterocycles. The fourth-order valence-electron chi connectivity index (χ4n) is 2.21. The van der Waals surface area contributed by atoms with E-state index in [1.807, 2.05) is 27.7 Å². The maximum Gasteiger partial charge on any atom is 0.163 e. The molecule has 2 aliphatic rings. The lowest BCUT2D eigenvalue weighted by molar-refractivity contribution is -0.274. The molecule has 2 saturated heterocycles. The fraction of sp³-hybridized carbons (Fsp3) is 1.00. The maximum absolute atomic E-state index is 9.55. The molecular formula is C18H40O5. The van der Waals surface area contributed by atoms with Crippen LogP contribution >= 0.6 is 0 Å². The van der Waals surface area contributed by atoms with E-state index in [9.17, 15) is 5.11 Å². The summed E-state index contributed by atoms with van der Waals surface area (Å²) in [6, 6.07) is 0. The lowest BCUT2D eigenvalue weighted by atomic mass is 10.1. The summed E-state index contributed by atoms with van der Waals surface area (Å²) in [5.41, 5.74) is 0. The highest BCUT2D eigenvalue weighted by molar-refractivity contribution is 4.82. The summed E-state index contributed by atoms with van der Waals surface area (Å²) >= 11 is 0. The van der Waals surface area contributed by atoms with Gasteiger partial charge >= 0.3 is 0 Å². The Morgan fingerprint density at radius 3 is 2.04 bits per heavy atom. The van der Waals surface area contributed by atoms with Gasteiger partial charge in [0.05, 0.1) is 12.7 Å². The van der Waals surface area contributed by atoms with Crippen molar-refractivity contribution in [3.8, 4) is 0 Å². The van der Waals surface area contributed by atoms with Crippen molar-refractivity contribution in [2.24, 2.45) is 0 Å². The minimum Gasteiger partial charge on any atom is -0.366 e. The molecule has 5 heteroatoms. The van der Waals surface area contributed by atoms with Gasteiger partial charge in [-0.1, -0.05) is 41.5 Å². The molecule has 2 aliphatic heterocycles. The fourth-order valence-corrected chi connectivity index (χ4v) is 2.21. The van der Waals surface area contributed by atoms with Crippen LogP contribution in [0.15, 0.2) is 0 Å². The van der Waals surface area contributed by atoms with Gasteiger partial charge in [0.15, 0.2) is 17.9 Å². The standard InChI is InChI=1S/C12H22O5.C3H8.C2H6.CH4/c1-11(2,13)17-10-6-5-8(15-10)9-7-14-12(3,4)16-9;1-3-2;1-2;/h8-10,13H,5-7H2,1-4H3;3H2,1-2H3;1-2H3;1H4/t8-,9?,10?;;;/m0.../s1. The third-order valence-corrected chi connectivity index (χ3v) is 2.88. The van der Waals surface area contributed by atoms with Crippen molar-refractivity contribution < 1.29 is 24.1 Å². The van der Waals surface area contributed by atoms with E-state index in [0.29, 0.717) is 6.61 Å². The molecular weight excluding hydrogens is 296 g/mol. The van der Waals surface area contributed by atoms with Crippen LogP contribution in [-0.4, -0.2) is 41.8 Å². The van der Waals surface area contributed by atoms with Crippen molar-refractivity contribution in [2.75, 3.05) is 6.61 Å². The van der Waals surface area contributed by atoms with Crippen LogP contribution in [0.1, 0.15) is 82.1 Å². The molecule has 142 valence electrons. The Kier molecular flexibility index (Phi) is 12.4. The highest BCUT2D eigenvalue weighted by Gasteiger charge is 2.42. The van der Waals surface area contributed by atoms with Crippen molar-refractivity contribution in [3.05, 3.63) is 0 Å². The van der Waals surface area contributed by atoms with Gasteiger partial charge in [-0.25, -0.2) is 0 Å². The Morgan fingerprint density at radius 2 is 1.65 bits per heavy atom. The molecule has 2 unspecified atom stereocenters. The largest absolute Gasteiger partial charge is 0.366 e. The van der Waals surface area contributed by atoms with Gasteiger partial charge in [0.25, 0.3) is 0 Å². The number of rotatable bonds is 3. The number of hydrogen-bond acceptors (Lipinski definition) is 5. The third kappa shape index (κ3) is 10.3. The predicted octanol–water partition coefficient (Wildman–Crippen LogP) is 4.47. The summed E-state index contributed by atoms with van der Waals surface area (Å²) in [6.07, 6.45) is 2.48. The Labute approximate surface area is 143 Å². The van der Waals surface area contributed by atoms with Crippen molar-refractivity contribution >= 4 is 0 Å². The third-order valence-electron chi connectivity index (χ3n) is 2.88. The van der Waals surface area contributed by atoms with E-state index in [0.717, 1.165) is 12.8 Å². The van der Waals surface area contributed by atoms with Gasteiger partial charge in [-0.3, -0.25) is 0 Å². The Hall–Kier alpha value is -0.200. The summed E-state index contributed by atoms with van der Waals surface area (Å²) < 4.78 is 22.4. The molecule has 5 nitrogen and oxygen atoms in total. The average molecular weight is 337 g/mol. The predicted molar refractivity (Wildman–Crippen MR) is 94.2 cm³/mol. The van der Waals surface area contributed by atoms with Crippen LogP contribution in [0.4, 0.5) is 0 Å². The van der Waals surface area contributed by atoms with Gasteiger partial charge in [0.1, 0.15) is 6.10 Å². The lowest BCUT2D eigenvalue weighted by Gasteiger charge is -2.25. The van der Waals surface area contributed by atoms with Crippen LogP contribution < -0.4 is 0 Å². The second-order valence-electron chi connectivity index (χ2n) is 6.32. The van der Waals surface area contributed by atoms with Crippen molar-refractivity contribution in [1.29, 1.82) is 0 Å². The highest BCUT2D eigenvalue weighted by Crippen LogP contribution is 2.32. The molecule has 3 atom stereocenters. The molecule has 0 bridgehead atoms. The number of ether oxygens (including phenoxy) is 4. The smallest absolute Gasteiger partial charge is 0.163 e.